The highest BCUT2D eigenvalue weighted by atomic mass is 127. The molecular weight excluding hydrogens is 1590 g/mol. The summed E-state index contributed by atoms with van der Waals surface area (Å²) >= 11 is 17.6. The number of alkyl halides is 2. The lowest BCUT2D eigenvalue weighted by molar-refractivity contribution is -0.139. The molecule has 10 aliphatic heterocycles. The van der Waals surface area contributed by atoms with Crippen molar-refractivity contribution in [2.75, 3.05) is 132 Å². The summed E-state index contributed by atoms with van der Waals surface area (Å²) in [6.07, 6.45) is 6.44. The van der Waals surface area contributed by atoms with Gasteiger partial charge in [0.25, 0.3) is 0 Å². The number of benzene rings is 7. The van der Waals surface area contributed by atoms with Gasteiger partial charge in [-0.15, -0.1) is 23.2 Å². The van der Waals surface area contributed by atoms with Crippen LogP contribution in [-0.4, -0.2) is 179 Å². The van der Waals surface area contributed by atoms with Gasteiger partial charge in [0.15, 0.2) is 0 Å². The number of aldehydes is 2. The van der Waals surface area contributed by atoms with Crippen LogP contribution in [0, 0.1) is 27.5 Å². The molecule has 10 aromatic rings. The molecule has 13 heterocycles. The smallest absolute Gasteiger partial charge is 0.238 e. The van der Waals surface area contributed by atoms with Gasteiger partial charge < -0.3 is 69.9 Å². The molecule has 10 aliphatic rings. The Morgan fingerprint density at radius 1 is 0.573 bits per heavy atom. The highest BCUT2D eigenvalue weighted by Crippen LogP contribution is 2.46. The van der Waals surface area contributed by atoms with Crippen LogP contribution in [0.15, 0.2) is 176 Å². The zero-order chi connectivity index (χ0) is 76.5. The quantitative estimate of drug-likeness (QED) is 0.0234. The summed E-state index contributed by atoms with van der Waals surface area (Å²) in [6, 6.07) is 57.2. The summed E-state index contributed by atoms with van der Waals surface area (Å²) in [7, 11) is 0. The normalized spacial score (nSPS) is 21.0. The van der Waals surface area contributed by atoms with E-state index in [1.54, 1.807) is 0 Å². The van der Waals surface area contributed by atoms with Crippen LogP contribution in [-0.2, 0) is 47.8 Å². The molecule has 2 unspecified atom stereocenters. The number of rotatable bonds is 11. The average Bonchev–Trinajstić information content (AvgIpc) is 1.37. The van der Waals surface area contributed by atoms with Crippen LogP contribution in [0.1, 0.15) is 92.8 Å². The Morgan fingerprint density at radius 2 is 0.982 bits per heavy atom. The third kappa shape index (κ3) is 18.5. The van der Waals surface area contributed by atoms with Gasteiger partial charge in [0.05, 0.1) is 87.1 Å². The van der Waals surface area contributed by atoms with E-state index in [-0.39, 0.29) is 52.4 Å². The molecule has 582 valence electrons. The predicted molar refractivity (Wildman–Crippen MR) is 450 cm³/mol. The van der Waals surface area contributed by atoms with Gasteiger partial charge in [0.1, 0.15) is 24.3 Å². The third-order valence-electron chi connectivity index (χ3n) is 22.2. The number of fused-ring (bicyclic) bond motifs is 7. The number of aromatic amines is 3. The molecule has 0 aliphatic carbocycles. The molecular formula is C85H97Cl3F2IN10O8P. The number of halogens is 6. The number of nitrogens with zero attached hydrogens (tertiary/aromatic N) is 4. The molecule has 0 radical (unpaired) electrons. The van der Waals surface area contributed by atoms with E-state index >= 15 is 0 Å². The van der Waals surface area contributed by atoms with Gasteiger partial charge in [-0.25, -0.2) is 4.39 Å². The van der Waals surface area contributed by atoms with Crippen molar-refractivity contribution in [1.82, 2.24) is 30.5 Å². The van der Waals surface area contributed by atoms with Gasteiger partial charge in [-0.05, 0) is 170 Å². The van der Waals surface area contributed by atoms with Crippen molar-refractivity contribution in [3.05, 3.63) is 232 Å². The van der Waals surface area contributed by atoms with E-state index in [0.717, 1.165) is 140 Å². The molecule has 25 heteroatoms. The van der Waals surface area contributed by atoms with Crippen LogP contribution >= 0.6 is 63.7 Å². The number of nitrogens with one attached hydrogen (secondary N) is 5. The fraction of sp³-hybridized carbons (Fsp3) is 0.388. The lowest BCUT2D eigenvalue weighted by atomic mass is 9.77. The van der Waals surface area contributed by atoms with E-state index in [4.69, 9.17) is 59.5 Å². The van der Waals surface area contributed by atoms with Crippen molar-refractivity contribution in [3.63, 3.8) is 0 Å². The molecule has 1 amide bonds. The minimum Gasteiger partial charge on any atom is -0.380 e. The number of nitrogens with two attached hydrogens (primary N) is 1. The second-order valence-electron chi connectivity index (χ2n) is 31.0. The zero-order valence-electron chi connectivity index (χ0n) is 62.1. The maximum Gasteiger partial charge on any atom is 0.238 e. The lowest BCUT2D eigenvalue weighted by Crippen LogP contribution is -2.66. The Morgan fingerprint density at radius 3 is 1.38 bits per heavy atom. The van der Waals surface area contributed by atoms with E-state index in [0.29, 0.717) is 39.6 Å². The monoisotopic (exact) mass is 1690 g/mol. The number of hydrogen-bond acceptors (Lipinski definition) is 14. The first kappa shape index (κ1) is 82.1. The highest BCUT2D eigenvalue weighted by Gasteiger charge is 2.51. The maximum absolute atomic E-state index is 12.9. The standard InChI is InChI=1S/C25H26ClN3O2.C23H25N3O.C12H13NO2.C11H14N2.C7H5FO.C5H9NO.C2H2Cl2O.FH.H2IP/c1-16-10-20-19-4-2-3-5-21(19)27-23(20)24(29(16)22(30)11-26)17-6-8-18(9-7-17)28-12-25(13-28)14-31-15-25;1-15-10-19-18-4-2-3-5-20(18)25-22(19)21(24-15)16-6-8-17(9-7-16)26-11-23(12-26)13-27-14-23;14-5-10-1-3-11(4-2-10)13-6-12(7-13)8-15-9-12;1-8(12)6-9-7-13-11-5-3-2-4-10(9)11;8-7-3-1-6(5-9)2-4-7;1-5(2-6-1)3-7-4-5;3-1-2(4)5;;1-2/h2-9,16,24,27H,10-15H2,1H3;2-9,15,21,24-25H,10-14H2,1H3;1-5H,6-9H2;2-5,7-8,13H,6,12H2,1H3;1-5H;6H,1-4H2;1H2;1H;2H2/t16-,24-;15-,21?;;8-;;;;;/m00.0...../s1. The topological polar surface area (TPSA) is 216 Å². The summed E-state index contributed by atoms with van der Waals surface area (Å²) in [5, 5.41) is 10.4. The fourth-order valence-corrected chi connectivity index (χ4v) is 16.4. The largest absolute Gasteiger partial charge is 0.380 e. The number of carbonyl (C=O) groups excluding carboxylic acids is 4. The van der Waals surface area contributed by atoms with Crippen molar-refractivity contribution in [2.24, 2.45) is 27.4 Å². The number of aromatic nitrogens is 3. The molecule has 20 rings (SSSR count). The van der Waals surface area contributed by atoms with E-state index in [9.17, 15) is 23.6 Å². The van der Waals surface area contributed by atoms with Crippen LogP contribution in [0.25, 0.3) is 32.7 Å². The SMILES string of the molecule is C1NCC12COC2.C[C@H](N)Cc1c[nH]c2ccccc12.C[C@H]1Cc2c([nH]c3ccccc23)C(c2ccc(N3CC4(COC4)C3)cc2)N1.C[C@H]1Cc2c([nH]c3ccccc23)[C@H](c2ccc(N3CC4(COC4)C3)cc2)N1C(=O)CCl.F.O=C(Cl)CCl.O=Cc1ccc(F)cc1.O=Cc1ccc(N2CC3(COC3)C2)cc1.PI. The van der Waals surface area contributed by atoms with Crippen molar-refractivity contribution >= 4 is 137 Å². The van der Waals surface area contributed by atoms with Gasteiger partial charge in [-0.3, -0.25) is 23.9 Å². The van der Waals surface area contributed by atoms with Crippen LogP contribution in [0.3, 0.4) is 0 Å². The molecule has 8 fully saturated rings. The summed E-state index contributed by atoms with van der Waals surface area (Å²) in [5.41, 5.74) is 25.2. The molecule has 8 saturated heterocycles. The predicted octanol–water partition coefficient (Wildman–Crippen LogP) is 14.7. The first-order valence-corrected chi connectivity index (χ1v) is 42.8. The van der Waals surface area contributed by atoms with Gasteiger partial charge in [-0.2, -0.15) is 0 Å². The van der Waals surface area contributed by atoms with E-state index in [2.05, 4.69) is 192 Å². The molecule has 3 aromatic heterocycles. The minimum absolute atomic E-state index is 0. The van der Waals surface area contributed by atoms with Crippen molar-refractivity contribution in [3.8, 4) is 0 Å². The second-order valence-corrected chi connectivity index (χ2v) is 31.9. The van der Waals surface area contributed by atoms with Crippen molar-refractivity contribution in [1.29, 1.82) is 0 Å². The lowest BCUT2D eigenvalue weighted by Gasteiger charge is -2.56. The van der Waals surface area contributed by atoms with Gasteiger partial charge >= 0.3 is 0 Å². The number of amides is 1. The Labute approximate surface area is 671 Å². The Kier molecular flexibility index (Phi) is 27.4. The van der Waals surface area contributed by atoms with Crippen LogP contribution in [0.2, 0.25) is 0 Å². The molecule has 110 heavy (non-hydrogen) atoms. The van der Waals surface area contributed by atoms with Gasteiger partial charge in [0, 0.05) is 154 Å². The maximum atomic E-state index is 12.9. The molecule has 18 nitrogen and oxygen atoms in total. The Bertz CT molecular complexity index is 4710. The summed E-state index contributed by atoms with van der Waals surface area (Å²) in [4.78, 5) is 62.5. The Hall–Kier alpha value is -7.35. The van der Waals surface area contributed by atoms with Crippen LogP contribution in [0.5, 0.6) is 0 Å². The number of H-pyrrole nitrogens is 3. The van der Waals surface area contributed by atoms with E-state index in [1.165, 1.54) is 110 Å². The number of carbonyl (C=O) groups is 4. The molecule has 4 spiro atoms. The van der Waals surface area contributed by atoms with E-state index in [1.807, 2.05) is 54.4 Å². The summed E-state index contributed by atoms with van der Waals surface area (Å²) in [6.45, 7) is 25.3. The highest BCUT2D eigenvalue weighted by molar-refractivity contribution is 14.2. The number of hydrogen-bond donors (Lipinski definition) is 6. The summed E-state index contributed by atoms with van der Waals surface area (Å²) < 4.78 is 33.2. The minimum atomic E-state index is -0.508. The summed E-state index contributed by atoms with van der Waals surface area (Å²) in [5.74, 6) is -0.448. The first-order valence-electron chi connectivity index (χ1n) is 37.2. The van der Waals surface area contributed by atoms with Crippen molar-refractivity contribution < 1.29 is 47.2 Å². The molecule has 7 N–H and O–H groups in total. The van der Waals surface area contributed by atoms with Gasteiger partial charge in [-0.1, -0.05) is 108 Å². The second kappa shape index (κ2) is 36.6. The third-order valence-corrected chi connectivity index (χ3v) is 22.9. The molecule has 0 bridgehead atoms. The molecule has 0 saturated carbocycles. The zero-order valence-corrected chi connectivity index (χ0v) is 67.7. The first-order chi connectivity index (χ1) is 52.9. The molecule has 7 aromatic carbocycles. The van der Waals surface area contributed by atoms with E-state index < -0.39 is 5.24 Å². The number of para-hydroxylation sites is 3. The van der Waals surface area contributed by atoms with Crippen LogP contribution < -0.4 is 31.1 Å². The molecule has 6 atom stereocenters. The number of ether oxygens (including phenoxy) is 4. The number of anilines is 3. The average molecular weight is 1690 g/mol. The Balaban J connectivity index is 0.000000128. The van der Waals surface area contributed by atoms with Crippen molar-refractivity contribution in [2.45, 2.75) is 70.2 Å². The fourth-order valence-electron chi connectivity index (χ4n) is 16.3. The van der Waals surface area contributed by atoms with Crippen LogP contribution in [0.4, 0.5) is 26.2 Å². The van der Waals surface area contributed by atoms with Gasteiger partial charge in [0.2, 0.25) is 11.1 Å².